The Morgan fingerprint density at radius 2 is 1.69 bits per heavy atom. The van der Waals surface area contributed by atoms with Crippen molar-refractivity contribution in [2.45, 2.75) is 24.3 Å². The lowest BCUT2D eigenvalue weighted by molar-refractivity contribution is 0.0303. The normalized spacial score (nSPS) is 13.7. The zero-order valence-corrected chi connectivity index (χ0v) is 20.6. The highest BCUT2D eigenvalue weighted by Crippen LogP contribution is 2.27. The van der Waals surface area contributed by atoms with Crippen LogP contribution >= 0.6 is 11.8 Å². The summed E-state index contributed by atoms with van der Waals surface area (Å²) in [7, 11) is 0. The molecule has 35 heavy (non-hydrogen) atoms. The molecule has 6 nitrogen and oxygen atoms in total. The number of aryl methyl sites for hydroxylation is 1. The molecular weight excluding hydrogens is 456 g/mol. The molecule has 0 N–H and O–H groups in total. The number of aromatic nitrogens is 3. The Morgan fingerprint density at radius 1 is 0.914 bits per heavy atom. The third-order valence-corrected chi connectivity index (χ3v) is 7.01. The van der Waals surface area contributed by atoms with Crippen LogP contribution in [0.15, 0.2) is 84.0 Å². The largest absolute Gasteiger partial charge is 0.378 e. The summed E-state index contributed by atoms with van der Waals surface area (Å²) in [5.74, 6) is 1.66. The maximum absolute atomic E-state index is 12.9. The highest BCUT2D eigenvalue weighted by atomic mass is 32.2. The van der Waals surface area contributed by atoms with Crippen LogP contribution in [0.25, 0.3) is 5.69 Å². The van der Waals surface area contributed by atoms with Crippen LogP contribution in [0.4, 0.5) is 0 Å². The molecule has 0 bridgehead atoms. The average Bonchev–Trinajstić information content (AvgIpc) is 3.30. The van der Waals surface area contributed by atoms with Crippen LogP contribution < -0.4 is 0 Å². The van der Waals surface area contributed by atoms with Gasteiger partial charge in [0.15, 0.2) is 5.16 Å². The van der Waals surface area contributed by atoms with E-state index in [4.69, 9.17) is 4.74 Å². The number of hydrogen-bond donors (Lipinski definition) is 0. The summed E-state index contributed by atoms with van der Waals surface area (Å²) in [5.41, 5.74) is 5.24. The van der Waals surface area contributed by atoms with E-state index in [0.29, 0.717) is 38.5 Å². The van der Waals surface area contributed by atoms with Crippen molar-refractivity contribution < 1.29 is 9.53 Å². The molecule has 3 aromatic carbocycles. The Bertz CT molecular complexity index is 1300. The number of amides is 1. The minimum atomic E-state index is 0.0632. The van der Waals surface area contributed by atoms with Crippen LogP contribution in [0.5, 0.6) is 0 Å². The first-order valence-corrected chi connectivity index (χ1v) is 12.8. The highest BCUT2D eigenvalue weighted by molar-refractivity contribution is 7.98. The van der Waals surface area contributed by atoms with Crippen LogP contribution in [0, 0.1) is 6.92 Å². The number of benzene rings is 3. The summed E-state index contributed by atoms with van der Waals surface area (Å²) >= 11 is 1.63. The molecule has 0 saturated carbocycles. The summed E-state index contributed by atoms with van der Waals surface area (Å²) in [6.07, 6.45) is 0.700. The van der Waals surface area contributed by atoms with Crippen LogP contribution in [0.2, 0.25) is 0 Å². The second-order valence-corrected chi connectivity index (χ2v) is 9.57. The van der Waals surface area contributed by atoms with Gasteiger partial charge < -0.3 is 9.64 Å². The number of morpholine rings is 1. The van der Waals surface area contributed by atoms with E-state index in [-0.39, 0.29) is 5.91 Å². The lowest BCUT2D eigenvalue weighted by Crippen LogP contribution is -2.40. The summed E-state index contributed by atoms with van der Waals surface area (Å²) in [6.45, 7) is 4.57. The second-order valence-electron chi connectivity index (χ2n) is 8.63. The van der Waals surface area contributed by atoms with E-state index in [0.717, 1.165) is 27.8 Å². The Kier molecular flexibility index (Phi) is 7.25. The van der Waals surface area contributed by atoms with E-state index in [9.17, 15) is 4.79 Å². The molecule has 0 atom stereocenters. The Morgan fingerprint density at radius 3 is 2.49 bits per heavy atom. The van der Waals surface area contributed by atoms with E-state index >= 15 is 0 Å². The topological polar surface area (TPSA) is 60.2 Å². The van der Waals surface area contributed by atoms with Gasteiger partial charge in [0.1, 0.15) is 5.82 Å². The fourth-order valence-electron chi connectivity index (χ4n) is 4.20. The van der Waals surface area contributed by atoms with Crippen LogP contribution in [0.1, 0.15) is 32.9 Å². The zero-order valence-electron chi connectivity index (χ0n) is 19.8. The van der Waals surface area contributed by atoms with E-state index in [1.807, 2.05) is 41.3 Å². The highest BCUT2D eigenvalue weighted by Gasteiger charge is 2.19. The summed E-state index contributed by atoms with van der Waals surface area (Å²) < 4.78 is 7.53. The Balaban J connectivity index is 1.38. The minimum Gasteiger partial charge on any atom is -0.378 e. The molecule has 1 fully saturated rings. The molecule has 0 radical (unpaired) electrons. The van der Waals surface area contributed by atoms with Gasteiger partial charge in [-0.2, -0.15) is 0 Å². The number of ether oxygens (including phenoxy) is 1. The molecule has 1 aliphatic rings. The van der Waals surface area contributed by atoms with E-state index < -0.39 is 0 Å². The van der Waals surface area contributed by atoms with Crippen molar-refractivity contribution in [2.24, 2.45) is 0 Å². The number of hydrogen-bond acceptors (Lipinski definition) is 5. The SMILES string of the molecule is Cc1cccc(-n2c(Cc3ccccc3)nnc2SCc2cccc(C(=O)N3CCOCC3)c2)c1. The fraction of sp³-hybridized carbons (Fsp3) is 0.250. The van der Waals surface area contributed by atoms with Gasteiger partial charge in [0, 0.05) is 36.5 Å². The molecule has 0 spiro atoms. The third kappa shape index (κ3) is 5.63. The molecule has 1 amide bonds. The number of carbonyl (C=O) groups is 1. The van der Waals surface area contributed by atoms with Crippen molar-refractivity contribution in [1.82, 2.24) is 19.7 Å². The molecule has 7 heteroatoms. The van der Waals surface area contributed by atoms with Gasteiger partial charge in [-0.15, -0.1) is 10.2 Å². The van der Waals surface area contributed by atoms with Gasteiger partial charge >= 0.3 is 0 Å². The van der Waals surface area contributed by atoms with Crippen molar-refractivity contribution in [1.29, 1.82) is 0 Å². The first-order valence-electron chi connectivity index (χ1n) is 11.8. The fourth-order valence-corrected chi connectivity index (χ4v) is 5.12. The van der Waals surface area contributed by atoms with Crippen molar-refractivity contribution >= 4 is 17.7 Å². The van der Waals surface area contributed by atoms with E-state index in [1.54, 1.807) is 11.8 Å². The smallest absolute Gasteiger partial charge is 0.254 e. The molecule has 178 valence electrons. The van der Waals surface area contributed by atoms with Gasteiger partial charge in [0.25, 0.3) is 5.91 Å². The van der Waals surface area contributed by atoms with E-state index in [1.165, 1.54) is 11.1 Å². The van der Waals surface area contributed by atoms with Gasteiger partial charge in [0.05, 0.1) is 13.2 Å². The van der Waals surface area contributed by atoms with Crippen LogP contribution in [-0.4, -0.2) is 51.9 Å². The number of carbonyl (C=O) groups excluding carboxylic acids is 1. The Labute approximate surface area is 210 Å². The van der Waals surface area contributed by atoms with Gasteiger partial charge in [0.2, 0.25) is 0 Å². The summed E-state index contributed by atoms with van der Waals surface area (Å²) in [6, 6.07) is 26.6. The van der Waals surface area contributed by atoms with Crippen molar-refractivity contribution in [3.8, 4) is 5.69 Å². The predicted octanol–water partition coefficient (Wildman–Crippen LogP) is 4.93. The first-order chi connectivity index (χ1) is 17.2. The number of thioether (sulfide) groups is 1. The molecule has 1 aromatic heterocycles. The average molecular weight is 485 g/mol. The summed E-state index contributed by atoms with van der Waals surface area (Å²) in [5, 5.41) is 9.95. The van der Waals surface area contributed by atoms with Crippen LogP contribution in [0.3, 0.4) is 0 Å². The molecule has 0 unspecified atom stereocenters. The second kappa shape index (κ2) is 10.9. The van der Waals surface area contributed by atoms with Gasteiger partial charge in [-0.3, -0.25) is 9.36 Å². The van der Waals surface area contributed by atoms with Gasteiger partial charge in [-0.25, -0.2) is 0 Å². The van der Waals surface area contributed by atoms with Crippen molar-refractivity contribution in [2.75, 3.05) is 26.3 Å². The van der Waals surface area contributed by atoms with Gasteiger partial charge in [-0.05, 0) is 47.9 Å². The standard InChI is InChI=1S/C28H28N4O2S/c1-21-7-5-12-25(17-21)32-26(19-22-8-3-2-4-9-22)29-30-28(32)35-20-23-10-6-11-24(18-23)27(33)31-13-15-34-16-14-31/h2-12,17-18H,13-16,19-20H2,1H3. The maximum Gasteiger partial charge on any atom is 0.254 e. The van der Waals surface area contributed by atoms with Crippen molar-refractivity contribution in [3.63, 3.8) is 0 Å². The molecule has 1 saturated heterocycles. The predicted molar refractivity (Wildman–Crippen MR) is 138 cm³/mol. The molecule has 2 heterocycles. The summed E-state index contributed by atoms with van der Waals surface area (Å²) in [4.78, 5) is 14.8. The van der Waals surface area contributed by atoms with Gasteiger partial charge in [-0.1, -0.05) is 66.4 Å². The lowest BCUT2D eigenvalue weighted by Gasteiger charge is -2.27. The molecule has 4 aromatic rings. The minimum absolute atomic E-state index is 0.0632. The molecule has 5 rings (SSSR count). The number of nitrogens with zero attached hydrogens (tertiary/aromatic N) is 4. The van der Waals surface area contributed by atoms with Crippen molar-refractivity contribution in [3.05, 3.63) is 107 Å². The molecular formula is C28H28N4O2S. The zero-order chi connectivity index (χ0) is 24.0. The molecule has 1 aliphatic heterocycles. The first kappa shape index (κ1) is 23.3. The third-order valence-electron chi connectivity index (χ3n) is 6.01. The lowest BCUT2D eigenvalue weighted by atomic mass is 10.1. The quantitative estimate of drug-likeness (QED) is 0.348. The van der Waals surface area contributed by atoms with E-state index in [2.05, 4.69) is 64.2 Å². The maximum atomic E-state index is 12.9. The number of rotatable bonds is 7. The van der Waals surface area contributed by atoms with Crippen LogP contribution in [-0.2, 0) is 16.9 Å². The Hall–Kier alpha value is -3.42. The monoisotopic (exact) mass is 484 g/mol. The molecule has 0 aliphatic carbocycles.